The van der Waals surface area contributed by atoms with E-state index in [1.165, 1.54) is 19.1 Å². The van der Waals surface area contributed by atoms with Crippen molar-refractivity contribution in [2.45, 2.75) is 113 Å². The van der Waals surface area contributed by atoms with Crippen LogP contribution in [-0.2, 0) is 19.3 Å². The summed E-state index contributed by atoms with van der Waals surface area (Å²) in [5, 5.41) is 14.8. The molecule has 0 spiro atoms. The number of pyridine rings is 1. The van der Waals surface area contributed by atoms with Crippen molar-refractivity contribution in [1.29, 1.82) is 0 Å². The fourth-order valence-corrected chi connectivity index (χ4v) is 9.84. The molecule has 0 aromatic carbocycles. The maximum absolute atomic E-state index is 14.1. The van der Waals surface area contributed by atoms with Gasteiger partial charge in [0.25, 0.3) is 0 Å². The van der Waals surface area contributed by atoms with E-state index in [0.717, 1.165) is 30.5 Å². The first-order valence-electron chi connectivity index (χ1n) is 18.6. The molecule has 13 nitrogen and oxygen atoms in total. The second-order valence-electron chi connectivity index (χ2n) is 17.3. The molecule has 2 bridgehead atoms. The summed E-state index contributed by atoms with van der Waals surface area (Å²) in [7, 11) is -6.69. The Morgan fingerprint density at radius 1 is 0.942 bits per heavy atom. The Morgan fingerprint density at radius 3 is 2.06 bits per heavy atom. The molecule has 1 N–H and O–H groups in total. The average molecular weight is 773 g/mol. The van der Waals surface area contributed by atoms with Gasteiger partial charge in [0.15, 0.2) is 21.3 Å². The zero-order valence-corrected chi connectivity index (χ0v) is 34.6. The summed E-state index contributed by atoms with van der Waals surface area (Å²) in [5.74, 6) is 1.23. The van der Waals surface area contributed by atoms with Crippen LogP contribution in [-0.4, -0.2) is 112 Å². The zero-order chi connectivity index (χ0) is 37.4. The van der Waals surface area contributed by atoms with E-state index in [1.54, 1.807) is 21.8 Å². The third-order valence-electron chi connectivity index (χ3n) is 10.3. The van der Waals surface area contributed by atoms with Gasteiger partial charge in [0.05, 0.1) is 18.5 Å². The Kier molecular flexibility index (Phi) is 11.4. The molecule has 52 heavy (non-hydrogen) atoms. The Labute approximate surface area is 310 Å². The number of carboxylic acid groups (broad SMARTS) is 1. The van der Waals surface area contributed by atoms with Gasteiger partial charge in [0, 0.05) is 77.0 Å². The number of hydrogen-bond acceptors (Lipinski definition) is 10. The van der Waals surface area contributed by atoms with Gasteiger partial charge >= 0.3 is 6.09 Å². The summed E-state index contributed by atoms with van der Waals surface area (Å²) < 4.78 is 48.2. The smallest absolute Gasteiger partial charge is 0.407 e. The molecule has 3 atom stereocenters. The summed E-state index contributed by atoms with van der Waals surface area (Å²) in [6, 6.07) is 5.29. The lowest BCUT2D eigenvalue weighted by molar-refractivity contribution is 0.0925. The summed E-state index contributed by atoms with van der Waals surface area (Å²) >= 11 is 0. The molecule has 2 aliphatic heterocycles. The van der Waals surface area contributed by atoms with E-state index in [9.17, 15) is 18.3 Å². The molecule has 3 aromatic rings. The minimum atomic E-state index is -3.89. The van der Waals surface area contributed by atoms with E-state index in [1.807, 2.05) is 17.0 Å². The van der Waals surface area contributed by atoms with Crippen LogP contribution in [0.15, 0.2) is 29.4 Å². The SMILES string of the molecule is C[Si](C)(C)CCOCN(COCC[Si](C)(C)C)c1c(S(C)(=O)=O)c([C@@H]2C[C@H]3CC[C@@H](C2)N3C(=O)O)nc2c(-c3ccc(OCC4CC4)nc3)cnn12. The lowest BCUT2D eigenvalue weighted by atomic mass is 9.88. The number of ether oxygens (including phenoxy) is 3. The maximum atomic E-state index is 14.1. The molecule has 1 saturated carbocycles. The first-order valence-corrected chi connectivity index (χ1v) is 27.9. The van der Waals surface area contributed by atoms with E-state index in [4.69, 9.17) is 24.3 Å². The molecule has 3 fully saturated rings. The Bertz CT molecular complexity index is 1800. The van der Waals surface area contributed by atoms with Crippen LogP contribution in [0.5, 0.6) is 5.88 Å². The maximum Gasteiger partial charge on any atom is 0.407 e. The lowest BCUT2D eigenvalue weighted by Gasteiger charge is -2.38. The topological polar surface area (TPSA) is 149 Å². The fraction of sp³-hybridized carbons (Fsp3) is 0.667. The quantitative estimate of drug-likeness (QED) is 0.0877. The van der Waals surface area contributed by atoms with Crippen molar-refractivity contribution in [3.63, 3.8) is 0 Å². The summed E-state index contributed by atoms with van der Waals surface area (Å²) in [6.07, 6.45) is 8.59. The van der Waals surface area contributed by atoms with Gasteiger partial charge in [-0.3, -0.25) is 0 Å². The highest BCUT2D eigenvalue weighted by Crippen LogP contribution is 2.46. The van der Waals surface area contributed by atoms with Crippen molar-refractivity contribution >= 4 is 43.5 Å². The van der Waals surface area contributed by atoms with Crippen molar-refractivity contribution in [1.82, 2.24) is 24.5 Å². The zero-order valence-electron chi connectivity index (χ0n) is 31.8. The highest BCUT2D eigenvalue weighted by atomic mass is 32.2. The fourth-order valence-electron chi connectivity index (χ4n) is 7.18. The second-order valence-corrected chi connectivity index (χ2v) is 30.5. The number of nitrogens with zero attached hydrogens (tertiary/aromatic N) is 6. The summed E-state index contributed by atoms with van der Waals surface area (Å²) in [4.78, 5) is 25.4. The Morgan fingerprint density at radius 2 is 1.56 bits per heavy atom. The first kappa shape index (κ1) is 38.7. The molecular formula is C36H56N6O7SSi2. The van der Waals surface area contributed by atoms with Crippen LogP contribution in [0.25, 0.3) is 16.8 Å². The number of sulfone groups is 1. The minimum absolute atomic E-state index is 0.0902. The van der Waals surface area contributed by atoms with E-state index in [2.05, 4.69) is 44.3 Å². The number of aromatic nitrogens is 4. The monoisotopic (exact) mass is 772 g/mol. The number of piperidine rings is 1. The van der Waals surface area contributed by atoms with Crippen LogP contribution in [0.2, 0.25) is 51.4 Å². The molecule has 1 amide bonds. The number of carbonyl (C=O) groups is 1. The Balaban J connectivity index is 1.46. The van der Waals surface area contributed by atoms with Gasteiger partial charge < -0.3 is 29.1 Å². The van der Waals surface area contributed by atoms with Crippen molar-refractivity contribution in [2.24, 2.45) is 5.92 Å². The number of rotatable bonds is 17. The van der Waals surface area contributed by atoms with Gasteiger partial charge in [-0.2, -0.15) is 9.61 Å². The molecule has 0 unspecified atom stereocenters. The molecular weight excluding hydrogens is 717 g/mol. The second kappa shape index (κ2) is 15.4. The number of amides is 1. The average Bonchev–Trinajstić information content (AvgIpc) is 3.72. The van der Waals surface area contributed by atoms with Crippen LogP contribution < -0.4 is 9.64 Å². The highest BCUT2D eigenvalue weighted by Gasteiger charge is 2.46. The van der Waals surface area contributed by atoms with E-state index >= 15 is 0 Å². The first-order chi connectivity index (χ1) is 24.5. The van der Waals surface area contributed by atoms with Gasteiger partial charge in [-0.1, -0.05) is 39.3 Å². The van der Waals surface area contributed by atoms with Gasteiger partial charge in [0.2, 0.25) is 5.88 Å². The molecule has 1 aliphatic carbocycles. The summed E-state index contributed by atoms with van der Waals surface area (Å²) in [5.41, 5.74) is 2.41. The van der Waals surface area contributed by atoms with Gasteiger partial charge in [-0.05, 0) is 62.6 Å². The van der Waals surface area contributed by atoms with Crippen LogP contribution in [0.4, 0.5) is 10.6 Å². The normalized spacial score (nSPS) is 20.8. The number of fused-ring (bicyclic) bond motifs is 3. The standard InChI is InChI=1S/C36H56N6O7SSi2/c1-50(45,46)33-32(27-18-28-11-12-29(19-27)41(28)36(43)44)39-34-30(26-10-13-31(37-20-26)49-22-25-8-9-25)21-38-42(34)35(33)40(23-47-14-16-51(2,3)4)24-48-15-17-52(5,6)7/h10,13,20-21,25,27-29H,8-9,11-12,14-19,22-24H2,1-7H3,(H,43,44)/t27-,28-,29+. The minimum Gasteiger partial charge on any atom is -0.477 e. The van der Waals surface area contributed by atoms with Gasteiger partial charge in [-0.25, -0.2) is 23.2 Å². The predicted molar refractivity (Wildman–Crippen MR) is 207 cm³/mol. The van der Waals surface area contributed by atoms with E-state index in [0.29, 0.717) is 67.2 Å². The van der Waals surface area contributed by atoms with Gasteiger partial charge in [-0.15, -0.1) is 0 Å². The largest absolute Gasteiger partial charge is 0.477 e. The molecule has 5 heterocycles. The molecule has 6 rings (SSSR count). The number of hydrogen-bond donors (Lipinski definition) is 1. The van der Waals surface area contributed by atoms with E-state index in [-0.39, 0.29) is 36.4 Å². The van der Waals surface area contributed by atoms with Crippen LogP contribution in [0, 0.1) is 5.92 Å². The molecule has 3 aromatic heterocycles. The third-order valence-corrected chi connectivity index (χ3v) is 14.9. The predicted octanol–water partition coefficient (Wildman–Crippen LogP) is 6.80. The van der Waals surface area contributed by atoms with Gasteiger partial charge in [0.1, 0.15) is 18.4 Å². The molecule has 286 valence electrons. The van der Waals surface area contributed by atoms with Crippen molar-refractivity contribution in [3.05, 3.63) is 30.2 Å². The van der Waals surface area contributed by atoms with Crippen molar-refractivity contribution < 1.29 is 32.5 Å². The third kappa shape index (κ3) is 9.35. The highest BCUT2D eigenvalue weighted by molar-refractivity contribution is 7.91. The van der Waals surface area contributed by atoms with Crippen LogP contribution in [0.3, 0.4) is 0 Å². The van der Waals surface area contributed by atoms with E-state index < -0.39 is 32.1 Å². The van der Waals surface area contributed by atoms with Crippen molar-refractivity contribution in [2.75, 3.05) is 44.4 Å². The molecule has 3 aliphatic rings. The summed E-state index contributed by atoms with van der Waals surface area (Å²) in [6.45, 7) is 15.7. The lowest BCUT2D eigenvalue weighted by Crippen LogP contribution is -2.45. The van der Waals surface area contributed by atoms with Crippen LogP contribution in [0.1, 0.15) is 50.1 Å². The number of anilines is 1. The molecule has 16 heteroatoms. The van der Waals surface area contributed by atoms with Crippen LogP contribution >= 0.6 is 0 Å². The Hall–Kier alpha value is -3.06. The van der Waals surface area contributed by atoms with Crippen molar-refractivity contribution in [3.8, 4) is 17.0 Å². The molecule has 0 radical (unpaired) electrons. The molecule has 2 saturated heterocycles.